The maximum Gasteiger partial charge on any atom is 0.142 e. The van der Waals surface area contributed by atoms with Gasteiger partial charge in [-0.1, -0.05) is 41.9 Å². The van der Waals surface area contributed by atoms with Crippen LogP contribution in [0.1, 0.15) is 5.69 Å². The number of phenolic OH excluding ortho intramolecular Hbond substituents is 1. The monoisotopic (exact) mass is 346 g/mol. The van der Waals surface area contributed by atoms with Crippen LogP contribution in [0.3, 0.4) is 0 Å². The Labute approximate surface area is 150 Å². The second-order valence-corrected chi connectivity index (χ2v) is 6.16. The van der Waals surface area contributed by atoms with Crippen LogP contribution in [0.4, 0.5) is 5.69 Å². The fourth-order valence-electron chi connectivity index (χ4n) is 2.80. The first-order chi connectivity index (χ1) is 12.2. The first kappa shape index (κ1) is 15.5. The molecule has 0 aliphatic rings. The number of halogens is 1. The molecule has 4 heteroatoms. The smallest absolute Gasteiger partial charge is 0.142 e. The number of phenols is 1. The van der Waals surface area contributed by atoms with Gasteiger partial charge in [-0.05, 0) is 47.2 Å². The van der Waals surface area contributed by atoms with Crippen LogP contribution in [0.25, 0.3) is 16.5 Å². The highest BCUT2D eigenvalue weighted by atomic mass is 35.5. The van der Waals surface area contributed by atoms with Gasteiger partial charge in [-0.3, -0.25) is 4.99 Å². The van der Waals surface area contributed by atoms with E-state index < -0.39 is 0 Å². The molecule has 0 aliphatic carbocycles. The van der Waals surface area contributed by atoms with Crippen LogP contribution in [0.5, 0.6) is 5.75 Å². The molecule has 0 saturated carbocycles. The van der Waals surface area contributed by atoms with Crippen molar-refractivity contribution in [2.24, 2.45) is 4.99 Å². The van der Waals surface area contributed by atoms with E-state index in [1.54, 1.807) is 18.3 Å². The SMILES string of the molecule is Oc1cc(Cl)ccc1N=Cc1cccn1-c1ccc2ccccc2c1. The number of aromatic hydroxyl groups is 1. The van der Waals surface area contributed by atoms with E-state index in [2.05, 4.69) is 39.9 Å². The molecular weight excluding hydrogens is 332 g/mol. The number of rotatable bonds is 3. The zero-order valence-electron chi connectivity index (χ0n) is 13.3. The molecule has 0 aliphatic heterocycles. The van der Waals surface area contributed by atoms with Crippen molar-refractivity contribution in [3.63, 3.8) is 0 Å². The average molecular weight is 347 g/mol. The summed E-state index contributed by atoms with van der Waals surface area (Å²) in [6, 6.07) is 23.4. The lowest BCUT2D eigenvalue weighted by molar-refractivity contribution is 0.477. The first-order valence-corrected chi connectivity index (χ1v) is 8.28. The molecule has 0 bridgehead atoms. The van der Waals surface area contributed by atoms with Gasteiger partial charge in [0.1, 0.15) is 11.4 Å². The molecule has 0 unspecified atom stereocenters. The number of hydrogen-bond donors (Lipinski definition) is 1. The molecule has 1 aromatic heterocycles. The van der Waals surface area contributed by atoms with E-state index in [9.17, 15) is 5.11 Å². The summed E-state index contributed by atoms with van der Waals surface area (Å²) in [6.45, 7) is 0. The van der Waals surface area contributed by atoms with E-state index in [0.717, 1.165) is 11.4 Å². The van der Waals surface area contributed by atoms with E-state index in [1.165, 1.54) is 16.8 Å². The molecular formula is C21H15ClN2O. The molecule has 3 aromatic carbocycles. The second-order valence-electron chi connectivity index (χ2n) is 5.73. The first-order valence-electron chi connectivity index (χ1n) is 7.90. The fraction of sp³-hybridized carbons (Fsp3) is 0. The van der Waals surface area contributed by atoms with Gasteiger partial charge in [0, 0.05) is 23.0 Å². The molecule has 0 fully saturated rings. The molecule has 0 atom stereocenters. The van der Waals surface area contributed by atoms with Crippen LogP contribution in [0.15, 0.2) is 84.0 Å². The highest BCUT2D eigenvalue weighted by Gasteiger charge is 2.04. The van der Waals surface area contributed by atoms with Crippen molar-refractivity contribution < 1.29 is 5.11 Å². The van der Waals surface area contributed by atoms with Crippen LogP contribution < -0.4 is 0 Å². The van der Waals surface area contributed by atoms with E-state index in [0.29, 0.717) is 10.7 Å². The predicted molar refractivity (Wildman–Crippen MR) is 104 cm³/mol. The van der Waals surface area contributed by atoms with Gasteiger partial charge in [-0.2, -0.15) is 0 Å². The van der Waals surface area contributed by atoms with Gasteiger partial charge in [0.05, 0.1) is 11.9 Å². The number of benzene rings is 3. The Morgan fingerprint density at radius 3 is 2.56 bits per heavy atom. The number of hydrogen-bond acceptors (Lipinski definition) is 2. The fourth-order valence-corrected chi connectivity index (χ4v) is 2.97. The minimum atomic E-state index is 0.0626. The van der Waals surface area contributed by atoms with Gasteiger partial charge in [-0.15, -0.1) is 0 Å². The zero-order chi connectivity index (χ0) is 17.2. The van der Waals surface area contributed by atoms with Crippen molar-refractivity contribution >= 4 is 34.3 Å². The van der Waals surface area contributed by atoms with E-state index >= 15 is 0 Å². The summed E-state index contributed by atoms with van der Waals surface area (Å²) in [5.74, 6) is 0.0626. The largest absolute Gasteiger partial charge is 0.506 e. The molecule has 4 rings (SSSR count). The summed E-state index contributed by atoms with van der Waals surface area (Å²) in [4.78, 5) is 4.38. The molecule has 25 heavy (non-hydrogen) atoms. The maximum atomic E-state index is 9.92. The van der Waals surface area contributed by atoms with Gasteiger partial charge in [0.25, 0.3) is 0 Å². The molecule has 0 radical (unpaired) electrons. The lowest BCUT2D eigenvalue weighted by atomic mass is 10.1. The average Bonchev–Trinajstić information content (AvgIpc) is 3.09. The van der Waals surface area contributed by atoms with Crippen molar-refractivity contribution in [2.75, 3.05) is 0 Å². The Balaban J connectivity index is 1.71. The topological polar surface area (TPSA) is 37.5 Å². The lowest BCUT2D eigenvalue weighted by Crippen LogP contribution is -1.97. The van der Waals surface area contributed by atoms with Crippen molar-refractivity contribution in [1.82, 2.24) is 4.57 Å². The second kappa shape index (κ2) is 6.46. The molecule has 0 amide bonds. The summed E-state index contributed by atoms with van der Waals surface area (Å²) >= 11 is 5.85. The lowest BCUT2D eigenvalue weighted by Gasteiger charge is -2.08. The Bertz CT molecular complexity index is 1080. The van der Waals surface area contributed by atoms with E-state index in [4.69, 9.17) is 11.6 Å². The van der Waals surface area contributed by atoms with Crippen molar-refractivity contribution in [3.05, 3.63) is 89.7 Å². The quantitative estimate of drug-likeness (QED) is 0.472. The zero-order valence-corrected chi connectivity index (χ0v) is 14.1. The maximum absolute atomic E-state index is 9.92. The molecule has 0 saturated heterocycles. The molecule has 122 valence electrons. The van der Waals surface area contributed by atoms with Crippen molar-refractivity contribution in [3.8, 4) is 11.4 Å². The third-order valence-corrected chi connectivity index (χ3v) is 4.30. The Morgan fingerprint density at radius 1 is 0.880 bits per heavy atom. The number of aliphatic imine (C=N–C) groups is 1. The van der Waals surface area contributed by atoms with E-state index in [-0.39, 0.29) is 5.75 Å². The standard InChI is InChI=1S/C21H15ClN2O/c22-17-8-10-20(21(25)13-17)23-14-19-6-3-11-24(19)18-9-7-15-4-1-2-5-16(15)12-18/h1-14,25H. The number of nitrogens with zero attached hydrogens (tertiary/aromatic N) is 2. The summed E-state index contributed by atoms with van der Waals surface area (Å²) in [6.07, 6.45) is 3.73. The third-order valence-electron chi connectivity index (χ3n) is 4.06. The Hall–Kier alpha value is -3.04. The van der Waals surface area contributed by atoms with Gasteiger partial charge < -0.3 is 9.67 Å². The number of aromatic nitrogens is 1. The van der Waals surface area contributed by atoms with Gasteiger partial charge in [0.2, 0.25) is 0 Å². The van der Waals surface area contributed by atoms with Gasteiger partial charge in [-0.25, -0.2) is 0 Å². The van der Waals surface area contributed by atoms with Gasteiger partial charge in [0.15, 0.2) is 0 Å². The van der Waals surface area contributed by atoms with Crippen LogP contribution in [0, 0.1) is 0 Å². The molecule has 0 spiro atoms. The highest BCUT2D eigenvalue weighted by Crippen LogP contribution is 2.29. The summed E-state index contributed by atoms with van der Waals surface area (Å²) in [5.41, 5.74) is 2.46. The molecule has 4 aromatic rings. The minimum Gasteiger partial charge on any atom is -0.506 e. The van der Waals surface area contributed by atoms with Crippen molar-refractivity contribution in [2.45, 2.75) is 0 Å². The van der Waals surface area contributed by atoms with Crippen LogP contribution >= 0.6 is 11.6 Å². The Kier molecular flexibility index (Phi) is 4.00. The van der Waals surface area contributed by atoms with Crippen molar-refractivity contribution in [1.29, 1.82) is 0 Å². The summed E-state index contributed by atoms with van der Waals surface area (Å²) in [7, 11) is 0. The molecule has 1 N–H and O–H groups in total. The van der Waals surface area contributed by atoms with E-state index in [1.807, 2.05) is 30.5 Å². The Morgan fingerprint density at radius 2 is 1.72 bits per heavy atom. The van der Waals surface area contributed by atoms with Gasteiger partial charge >= 0.3 is 0 Å². The van der Waals surface area contributed by atoms with Crippen LogP contribution in [-0.4, -0.2) is 15.9 Å². The highest BCUT2D eigenvalue weighted by molar-refractivity contribution is 6.30. The normalized spacial score (nSPS) is 11.4. The predicted octanol–water partition coefficient (Wildman–Crippen LogP) is 5.74. The molecule has 1 heterocycles. The molecule has 3 nitrogen and oxygen atoms in total. The summed E-state index contributed by atoms with van der Waals surface area (Å²) < 4.78 is 2.06. The summed E-state index contributed by atoms with van der Waals surface area (Å²) in [5, 5.41) is 12.8. The van der Waals surface area contributed by atoms with Crippen LogP contribution in [-0.2, 0) is 0 Å². The third kappa shape index (κ3) is 3.14. The minimum absolute atomic E-state index is 0.0626. The number of fused-ring (bicyclic) bond motifs is 1. The van der Waals surface area contributed by atoms with Crippen LogP contribution in [0.2, 0.25) is 5.02 Å².